The highest BCUT2D eigenvalue weighted by molar-refractivity contribution is 5.85. The molecule has 5 heteroatoms. The van der Waals surface area contributed by atoms with Gasteiger partial charge in [-0.05, 0) is 50.2 Å². The molecule has 1 aliphatic carbocycles. The fourth-order valence-corrected chi connectivity index (χ4v) is 4.99. The Hall–Kier alpha value is -1.91. The second kappa shape index (κ2) is 7.37. The first-order valence-corrected chi connectivity index (χ1v) is 10.1. The lowest BCUT2D eigenvalue weighted by molar-refractivity contribution is -0.142. The highest BCUT2D eigenvalue weighted by Gasteiger charge is 2.48. The predicted molar refractivity (Wildman–Crippen MR) is 99.3 cm³/mol. The van der Waals surface area contributed by atoms with Crippen molar-refractivity contribution in [2.75, 3.05) is 26.2 Å². The summed E-state index contributed by atoms with van der Waals surface area (Å²) in [5.41, 5.74) is 0.623. The quantitative estimate of drug-likeness (QED) is 0.834. The standard InChI is InChI=1S/C21H29N3O2/c25-19(15-18-7-3-4-11-22-18)23-12-8-21(9-13-23)10-14-24(20(21)26)16-17-5-1-2-6-17/h3-4,7,11,17H,1-2,5-6,8-10,12-16H2. The van der Waals surface area contributed by atoms with Crippen molar-refractivity contribution in [1.29, 1.82) is 0 Å². The van der Waals surface area contributed by atoms with Crippen LogP contribution in [0.3, 0.4) is 0 Å². The number of hydrogen-bond acceptors (Lipinski definition) is 3. The first-order chi connectivity index (χ1) is 12.7. The van der Waals surface area contributed by atoms with E-state index in [1.54, 1.807) is 6.20 Å². The minimum absolute atomic E-state index is 0.131. The summed E-state index contributed by atoms with van der Waals surface area (Å²) in [4.78, 5) is 33.9. The smallest absolute Gasteiger partial charge is 0.229 e. The number of carbonyl (C=O) groups excluding carboxylic acids is 2. The number of amides is 2. The number of hydrogen-bond donors (Lipinski definition) is 0. The normalized spacial score (nSPS) is 23.2. The summed E-state index contributed by atoms with van der Waals surface area (Å²) in [6.07, 6.45) is 9.91. The van der Waals surface area contributed by atoms with Crippen LogP contribution in [0.25, 0.3) is 0 Å². The van der Waals surface area contributed by atoms with Crippen LogP contribution in [0, 0.1) is 11.3 Å². The Morgan fingerprint density at radius 1 is 1.12 bits per heavy atom. The lowest BCUT2D eigenvalue weighted by Crippen LogP contribution is -2.47. The third-order valence-corrected chi connectivity index (χ3v) is 6.69. The molecule has 0 aromatic carbocycles. The van der Waals surface area contributed by atoms with Crippen LogP contribution in [0.2, 0.25) is 0 Å². The molecule has 0 unspecified atom stereocenters. The van der Waals surface area contributed by atoms with Gasteiger partial charge in [0.1, 0.15) is 0 Å². The van der Waals surface area contributed by atoms with Crippen molar-refractivity contribution in [2.45, 2.75) is 51.4 Å². The van der Waals surface area contributed by atoms with Gasteiger partial charge in [0.2, 0.25) is 11.8 Å². The molecule has 2 saturated heterocycles. The van der Waals surface area contributed by atoms with Crippen LogP contribution < -0.4 is 0 Å². The first-order valence-electron chi connectivity index (χ1n) is 10.1. The molecule has 1 saturated carbocycles. The molecule has 2 amide bonds. The topological polar surface area (TPSA) is 53.5 Å². The van der Waals surface area contributed by atoms with E-state index >= 15 is 0 Å². The zero-order chi connectivity index (χ0) is 18.0. The number of pyridine rings is 1. The van der Waals surface area contributed by atoms with E-state index in [1.165, 1.54) is 25.7 Å². The molecular formula is C21H29N3O2. The monoisotopic (exact) mass is 355 g/mol. The van der Waals surface area contributed by atoms with E-state index < -0.39 is 0 Å². The maximum absolute atomic E-state index is 13.1. The molecule has 3 heterocycles. The van der Waals surface area contributed by atoms with Gasteiger partial charge in [0.25, 0.3) is 0 Å². The Morgan fingerprint density at radius 2 is 1.85 bits per heavy atom. The molecule has 0 N–H and O–H groups in total. The van der Waals surface area contributed by atoms with Crippen LogP contribution >= 0.6 is 0 Å². The van der Waals surface area contributed by atoms with Gasteiger partial charge in [0, 0.05) is 38.1 Å². The summed E-state index contributed by atoms with van der Waals surface area (Å²) in [6, 6.07) is 5.67. The molecule has 3 fully saturated rings. The largest absolute Gasteiger partial charge is 0.342 e. The van der Waals surface area contributed by atoms with Crippen molar-refractivity contribution in [2.24, 2.45) is 11.3 Å². The van der Waals surface area contributed by atoms with Crippen LogP contribution in [-0.2, 0) is 16.0 Å². The third-order valence-electron chi connectivity index (χ3n) is 6.69. The van der Waals surface area contributed by atoms with Crippen LogP contribution in [-0.4, -0.2) is 52.8 Å². The summed E-state index contributed by atoms with van der Waals surface area (Å²) in [6.45, 7) is 3.28. The van der Waals surface area contributed by atoms with E-state index in [0.29, 0.717) is 31.3 Å². The zero-order valence-corrected chi connectivity index (χ0v) is 15.5. The van der Waals surface area contributed by atoms with Gasteiger partial charge < -0.3 is 9.80 Å². The van der Waals surface area contributed by atoms with Gasteiger partial charge in [-0.25, -0.2) is 0 Å². The molecular weight excluding hydrogens is 326 g/mol. The van der Waals surface area contributed by atoms with Crippen LogP contribution in [0.15, 0.2) is 24.4 Å². The Morgan fingerprint density at radius 3 is 2.54 bits per heavy atom. The van der Waals surface area contributed by atoms with Gasteiger partial charge in [-0.1, -0.05) is 18.9 Å². The van der Waals surface area contributed by atoms with Gasteiger partial charge in [0.05, 0.1) is 11.8 Å². The second-order valence-corrected chi connectivity index (χ2v) is 8.31. The zero-order valence-electron chi connectivity index (χ0n) is 15.5. The molecule has 2 aliphatic heterocycles. The van der Waals surface area contributed by atoms with E-state index in [-0.39, 0.29) is 11.3 Å². The Kier molecular flexibility index (Phi) is 4.96. The molecule has 0 radical (unpaired) electrons. The van der Waals surface area contributed by atoms with Gasteiger partial charge in [-0.15, -0.1) is 0 Å². The van der Waals surface area contributed by atoms with Crippen LogP contribution in [0.5, 0.6) is 0 Å². The SMILES string of the molecule is O=C(Cc1ccccn1)N1CCC2(CC1)CCN(CC1CCCC1)C2=O. The molecule has 1 aromatic rings. The molecule has 140 valence electrons. The van der Waals surface area contributed by atoms with E-state index in [2.05, 4.69) is 9.88 Å². The lowest BCUT2D eigenvalue weighted by Gasteiger charge is -2.38. The number of piperidine rings is 1. The molecule has 5 nitrogen and oxygen atoms in total. The highest BCUT2D eigenvalue weighted by Crippen LogP contribution is 2.42. The summed E-state index contributed by atoms with van der Waals surface area (Å²) in [5, 5.41) is 0. The number of aromatic nitrogens is 1. The van der Waals surface area contributed by atoms with Crippen molar-refractivity contribution in [1.82, 2.24) is 14.8 Å². The maximum Gasteiger partial charge on any atom is 0.229 e. The van der Waals surface area contributed by atoms with Gasteiger partial charge in [0.15, 0.2) is 0 Å². The average Bonchev–Trinajstić information content (AvgIpc) is 3.28. The molecule has 1 spiro atoms. The predicted octanol–water partition coefficient (Wildman–Crippen LogP) is 2.66. The minimum Gasteiger partial charge on any atom is -0.342 e. The highest BCUT2D eigenvalue weighted by atomic mass is 16.2. The molecule has 1 aromatic heterocycles. The Bertz CT molecular complexity index is 646. The summed E-state index contributed by atoms with van der Waals surface area (Å²) in [5.74, 6) is 1.21. The Labute approximate surface area is 155 Å². The molecule has 0 atom stereocenters. The number of likely N-dealkylation sites (tertiary alicyclic amines) is 2. The maximum atomic E-state index is 13.1. The van der Waals surface area contributed by atoms with Gasteiger partial charge in [-0.2, -0.15) is 0 Å². The van der Waals surface area contributed by atoms with Crippen LogP contribution in [0.1, 0.15) is 50.6 Å². The number of carbonyl (C=O) groups is 2. The second-order valence-electron chi connectivity index (χ2n) is 8.31. The fourth-order valence-electron chi connectivity index (χ4n) is 4.99. The van der Waals surface area contributed by atoms with Crippen molar-refractivity contribution in [3.05, 3.63) is 30.1 Å². The lowest BCUT2D eigenvalue weighted by atomic mass is 9.77. The van der Waals surface area contributed by atoms with E-state index in [9.17, 15) is 9.59 Å². The summed E-state index contributed by atoms with van der Waals surface area (Å²) in [7, 11) is 0. The van der Waals surface area contributed by atoms with Crippen molar-refractivity contribution in [3.8, 4) is 0 Å². The first kappa shape index (κ1) is 17.5. The summed E-state index contributed by atoms with van der Waals surface area (Å²) < 4.78 is 0. The summed E-state index contributed by atoms with van der Waals surface area (Å²) >= 11 is 0. The number of nitrogens with zero attached hydrogens (tertiary/aromatic N) is 3. The molecule has 4 rings (SSSR count). The van der Waals surface area contributed by atoms with E-state index in [0.717, 1.165) is 38.0 Å². The van der Waals surface area contributed by atoms with Gasteiger partial charge in [-0.3, -0.25) is 14.6 Å². The van der Waals surface area contributed by atoms with Crippen molar-refractivity contribution in [3.63, 3.8) is 0 Å². The van der Waals surface area contributed by atoms with E-state index in [1.807, 2.05) is 23.1 Å². The minimum atomic E-state index is -0.194. The third kappa shape index (κ3) is 3.49. The average molecular weight is 355 g/mol. The van der Waals surface area contributed by atoms with Crippen LogP contribution in [0.4, 0.5) is 0 Å². The Balaban J connectivity index is 1.31. The molecule has 3 aliphatic rings. The van der Waals surface area contributed by atoms with Crippen molar-refractivity contribution >= 4 is 11.8 Å². The molecule has 26 heavy (non-hydrogen) atoms. The number of rotatable bonds is 4. The van der Waals surface area contributed by atoms with Crippen molar-refractivity contribution < 1.29 is 9.59 Å². The van der Waals surface area contributed by atoms with E-state index in [4.69, 9.17) is 0 Å². The van der Waals surface area contributed by atoms with Gasteiger partial charge >= 0.3 is 0 Å². The molecule has 0 bridgehead atoms. The fraction of sp³-hybridized carbons (Fsp3) is 0.667.